The van der Waals surface area contributed by atoms with Gasteiger partial charge in [-0.1, -0.05) is 5.21 Å². The lowest BCUT2D eigenvalue weighted by Gasteiger charge is -2.01. The van der Waals surface area contributed by atoms with Crippen LogP contribution in [0, 0.1) is 0 Å². The third-order valence-corrected chi connectivity index (χ3v) is 1.93. The van der Waals surface area contributed by atoms with Crippen molar-refractivity contribution in [3.63, 3.8) is 0 Å². The zero-order valence-corrected chi connectivity index (χ0v) is 7.70. The molecule has 2 aromatic rings. The second kappa shape index (κ2) is 3.58. The predicted molar refractivity (Wildman–Crippen MR) is 50.6 cm³/mol. The van der Waals surface area contributed by atoms with Crippen LogP contribution in [0.5, 0.6) is 11.5 Å². The average molecular weight is 207 g/mol. The highest BCUT2D eigenvalue weighted by atomic mass is 16.3. The van der Waals surface area contributed by atoms with Crippen molar-refractivity contribution in [2.45, 2.75) is 6.61 Å². The number of aromatic nitrogens is 3. The Labute approximate surface area is 85.0 Å². The van der Waals surface area contributed by atoms with Gasteiger partial charge in [0.15, 0.2) is 11.5 Å². The number of aromatic hydroxyl groups is 2. The van der Waals surface area contributed by atoms with Crippen molar-refractivity contribution in [2.75, 3.05) is 0 Å². The van der Waals surface area contributed by atoms with E-state index in [9.17, 15) is 5.11 Å². The summed E-state index contributed by atoms with van der Waals surface area (Å²) < 4.78 is 1.39. The number of rotatable bonds is 2. The van der Waals surface area contributed by atoms with Crippen molar-refractivity contribution in [3.8, 4) is 17.2 Å². The molecule has 0 radical (unpaired) electrons. The number of phenolic OH excluding ortho intramolecular Hbond substituents is 2. The van der Waals surface area contributed by atoms with E-state index in [1.807, 2.05) is 0 Å². The minimum Gasteiger partial charge on any atom is -0.504 e. The summed E-state index contributed by atoms with van der Waals surface area (Å²) >= 11 is 0. The minimum absolute atomic E-state index is 0.190. The molecule has 0 fully saturated rings. The number of hydrogen-bond donors (Lipinski definition) is 3. The van der Waals surface area contributed by atoms with Gasteiger partial charge in [-0.15, -0.1) is 5.10 Å². The fourth-order valence-electron chi connectivity index (χ4n) is 1.15. The molecule has 78 valence electrons. The van der Waals surface area contributed by atoms with E-state index in [0.717, 1.165) is 0 Å². The summed E-state index contributed by atoms with van der Waals surface area (Å²) in [6, 6.07) is 4.28. The first kappa shape index (κ1) is 9.47. The van der Waals surface area contributed by atoms with Crippen molar-refractivity contribution >= 4 is 0 Å². The molecule has 1 aromatic heterocycles. The molecule has 0 aliphatic rings. The van der Waals surface area contributed by atoms with Gasteiger partial charge in [-0.05, 0) is 12.1 Å². The SMILES string of the molecule is OCc1cn(-c2ccc(O)c(O)c2)nn1. The van der Waals surface area contributed by atoms with Gasteiger partial charge < -0.3 is 15.3 Å². The number of aliphatic hydroxyl groups is 1. The Kier molecular flexibility index (Phi) is 2.26. The Hall–Kier alpha value is -2.08. The molecule has 0 spiro atoms. The Morgan fingerprint density at radius 3 is 2.60 bits per heavy atom. The monoisotopic (exact) mass is 207 g/mol. The quantitative estimate of drug-likeness (QED) is 0.610. The first-order valence-corrected chi connectivity index (χ1v) is 4.25. The summed E-state index contributed by atoms with van der Waals surface area (Å²) in [5.41, 5.74) is 0.986. The van der Waals surface area contributed by atoms with Crippen LogP contribution in [0.25, 0.3) is 5.69 Å². The van der Waals surface area contributed by atoms with E-state index in [-0.39, 0.29) is 18.1 Å². The molecule has 0 aliphatic carbocycles. The van der Waals surface area contributed by atoms with Crippen LogP contribution in [-0.4, -0.2) is 30.3 Å². The van der Waals surface area contributed by atoms with Gasteiger partial charge in [0.1, 0.15) is 5.69 Å². The highest BCUT2D eigenvalue weighted by Gasteiger charge is 2.04. The van der Waals surface area contributed by atoms with Gasteiger partial charge in [0.25, 0.3) is 0 Å². The van der Waals surface area contributed by atoms with Gasteiger partial charge in [0, 0.05) is 6.07 Å². The van der Waals surface area contributed by atoms with Gasteiger partial charge in [-0.3, -0.25) is 0 Å². The van der Waals surface area contributed by atoms with Crippen LogP contribution in [0.15, 0.2) is 24.4 Å². The number of aliphatic hydroxyl groups excluding tert-OH is 1. The number of hydrogen-bond acceptors (Lipinski definition) is 5. The molecule has 0 amide bonds. The zero-order chi connectivity index (χ0) is 10.8. The van der Waals surface area contributed by atoms with E-state index in [1.54, 1.807) is 6.07 Å². The lowest BCUT2D eigenvalue weighted by atomic mass is 10.3. The van der Waals surface area contributed by atoms with E-state index in [0.29, 0.717) is 11.4 Å². The van der Waals surface area contributed by atoms with Crippen LogP contribution >= 0.6 is 0 Å². The summed E-state index contributed by atoms with van der Waals surface area (Å²) in [5.74, 6) is -0.421. The lowest BCUT2D eigenvalue weighted by molar-refractivity contribution is 0.276. The molecule has 1 aromatic carbocycles. The Morgan fingerprint density at radius 1 is 1.20 bits per heavy atom. The third-order valence-electron chi connectivity index (χ3n) is 1.93. The minimum atomic E-state index is -0.228. The molecule has 1 heterocycles. The van der Waals surface area contributed by atoms with E-state index in [4.69, 9.17) is 10.2 Å². The summed E-state index contributed by atoms with van der Waals surface area (Å²) in [6.45, 7) is -0.190. The maximum atomic E-state index is 9.26. The van der Waals surface area contributed by atoms with Crippen molar-refractivity contribution in [1.29, 1.82) is 0 Å². The maximum absolute atomic E-state index is 9.26. The number of nitrogens with zero attached hydrogens (tertiary/aromatic N) is 3. The second-order valence-electron chi connectivity index (χ2n) is 2.99. The van der Waals surface area contributed by atoms with Gasteiger partial charge >= 0.3 is 0 Å². The highest BCUT2D eigenvalue weighted by molar-refractivity contribution is 5.46. The molecule has 0 saturated carbocycles. The normalized spacial score (nSPS) is 10.5. The van der Waals surface area contributed by atoms with Gasteiger partial charge in [-0.25, -0.2) is 4.68 Å². The third kappa shape index (κ3) is 1.75. The lowest BCUT2D eigenvalue weighted by Crippen LogP contribution is -1.94. The molecular weight excluding hydrogens is 198 g/mol. The van der Waals surface area contributed by atoms with Gasteiger partial charge in [0.2, 0.25) is 0 Å². The van der Waals surface area contributed by atoms with Crippen LogP contribution in [-0.2, 0) is 6.61 Å². The van der Waals surface area contributed by atoms with E-state index in [1.165, 1.54) is 23.0 Å². The molecule has 2 rings (SSSR count). The van der Waals surface area contributed by atoms with Gasteiger partial charge in [-0.2, -0.15) is 0 Å². The molecule has 0 saturated heterocycles. The first-order chi connectivity index (χ1) is 7.20. The number of phenols is 2. The van der Waals surface area contributed by atoms with Crippen molar-refractivity contribution in [3.05, 3.63) is 30.1 Å². The maximum Gasteiger partial charge on any atom is 0.159 e. The van der Waals surface area contributed by atoms with Crippen molar-refractivity contribution in [2.24, 2.45) is 0 Å². The number of benzene rings is 1. The average Bonchev–Trinajstić information content (AvgIpc) is 2.70. The summed E-state index contributed by atoms with van der Waals surface area (Å²) in [5, 5.41) is 34.6. The van der Waals surface area contributed by atoms with Crippen LogP contribution in [0.3, 0.4) is 0 Å². The summed E-state index contributed by atoms with van der Waals surface area (Å²) in [4.78, 5) is 0. The van der Waals surface area contributed by atoms with Crippen molar-refractivity contribution < 1.29 is 15.3 Å². The smallest absolute Gasteiger partial charge is 0.159 e. The highest BCUT2D eigenvalue weighted by Crippen LogP contribution is 2.26. The molecular formula is C9H9N3O3. The molecule has 0 bridgehead atoms. The fraction of sp³-hybridized carbons (Fsp3) is 0.111. The van der Waals surface area contributed by atoms with Crippen LogP contribution in [0.4, 0.5) is 0 Å². The topological polar surface area (TPSA) is 91.4 Å². The van der Waals surface area contributed by atoms with E-state index >= 15 is 0 Å². The summed E-state index contributed by atoms with van der Waals surface area (Å²) in [7, 11) is 0. The first-order valence-electron chi connectivity index (χ1n) is 4.25. The summed E-state index contributed by atoms with van der Waals surface area (Å²) in [6.07, 6.45) is 1.53. The molecule has 3 N–H and O–H groups in total. The van der Waals surface area contributed by atoms with E-state index in [2.05, 4.69) is 10.3 Å². The zero-order valence-electron chi connectivity index (χ0n) is 7.70. The van der Waals surface area contributed by atoms with Crippen LogP contribution in [0.1, 0.15) is 5.69 Å². The molecule has 0 atom stereocenters. The second-order valence-corrected chi connectivity index (χ2v) is 2.99. The molecule has 15 heavy (non-hydrogen) atoms. The Morgan fingerprint density at radius 2 is 2.00 bits per heavy atom. The predicted octanol–water partition coefficient (Wildman–Crippen LogP) is 0.171. The molecule has 6 heteroatoms. The fourth-order valence-corrected chi connectivity index (χ4v) is 1.15. The Bertz CT molecular complexity index is 481. The van der Waals surface area contributed by atoms with Crippen LogP contribution in [0.2, 0.25) is 0 Å². The molecule has 6 nitrogen and oxygen atoms in total. The van der Waals surface area contributed by atoms with Gasteiger partial charge in [0.05, 0.1) is 18.5 Å². The molecule has 0 unspecified atom stereocenters. The van der Waals surface area contributed by atoms with Crippen LogP contribution < -0.4 is 0 Å². The largest absolute Gasteiger partial charge is 0.504 e. The van der Waals surface area contributed by atoms with Crippen molar-refractivity contribution in [1.82, 2.24) is 15.0 Å². The Balaban J connectivity index is 2.40. The standard InChI is InChI=1S/C9H9N3O3/c13-5-6-4-12(11-10-6)7-1-2-8(14)9(15)3-7/h1-4,13-15H,5H2. The molecule has 0 aliphatic heterocycles. The van der Waals surface area contributed by atoms with E-state index < -0.39 is 0 Å².